The Hall–Kier alpha value is -2.70. The first-order valence-corrected chi connectivity index (χ1v) is 11.2. The quantitative estimate of drug-likeness (QED) is 0.668. The molecule has 2 fully saturated rings. The van der Waals surface area contributed by atoms with Gasteiger partial charge in [0.15, 0.2) is 0 Å². The predicted molar refractivity (Wildman–Crippen MR) is 125 cm³/mol. The molecule has 5 nitrogen and oxygen atoms in total. The molecule has 2 unspecified atom stereocenters. The molecule has 168 valence electrons. The lowest BCUT2D eigenvalue weighted by atomic mass is 10.1. The highest BCUT2D eigenvalue weighted by Crippen LogP contribution is 2.32. The van der Waals surface area contributed by atoms with Crippen LogP contribution in [0.25, 0.3) is 6.08 Å². The van der Waals surface area contributed by atoms with E-state index in [4.69, 9.17) is 11.6 Å². The lowest BCUT2D eigenvalue weighted by Gasteiger charge is -2.40. The van der Waals surface area contributed by atoms with Crippen LogP contribution in [0.2, 0.25) is 5.02 Å². The van der Waals surface area contributed by atoms with E-state index in [2.05, 4.69) is 10.2 Å². The first-order valence-electron chi connectivity index (χ1n) is 10.8. The molecule has 2 aliphatic heterocycles. The maximum absolute atomic E-state index is 13.2. The number of nitrogens with one attached hydrogen (secondary N) is 1. The summed E-state index contributed by atoms with van der Waals surface area (Å²) in [4.78, 5) is 29.0. The number of fused-ring (bicyclic) bond motifs is 2. The summed E-state index contributed by atoms with van der Waals surface area (Å²) in [5.41, 5.74) is 3.29. The Morgan fingerprint density at radius 2 is 1.81 bits per heavy atom. The zero-order valence-electron chi connectivity index (χ0n) is 18.3. The normalized spacial score (nSPS) is 20.7. The number of carbonyl (C=O) groups excluding carboxylic acids is 2. The van der Waals surface area contributed by atoms with Crippen molar-refractivity contribution in [3.05, 3.63) is 70.0 Å². The van der Waals surface area contributed by atoms with Gasteiger partial charge in [0.1, 0.15) is 5.82 Å². The third-order valence-corrected chi connectivity index (χ3v) is 6.59. The van der Waals surface area contributed by atoms with E-state index in [1.54, 1.807) is 18.2 Å². The molecule has 7 heteroatoms. The second-order valence-corrected chi connectivity index (χ2v) is 9.06. The molecular formula is C25H27ClFN3O2. The Morgan fingerprint density at radius 3 is 2.44 bits per heavy atom. The smallest absolute Gasteiger partial charge is 0.247 e. The first kappa shape index (κ1) is 22.5. The van der Waals surface area contributed by atoms with Gasteiger partial charge >= 0.3 is 0 Å². The fourth-order valence-electron chi connectivity index (χ4n) is 4.71. The molecule has 2 saturated heterocycles. The topological polar surface area (TPSA) is 52.7 Å². The van der Waals surface area contributed by atoms with E-state index >= 15 is 0 Å². The van der Waals surface area contributed by atoms with E-state index in [1.165, 1.54) is 19.1 Å². The van der Waals surface area contributed by atoms with Crippen LogP contribution in [-0.4, -0.2) is 46.8 Å². The number of piperazine rings is 1. The maximum atomic E-state index is 13.2. The maximum Gasteiger partial charge on any atom is 0.247 e. The number of likely N-dealkylation sites (tertiary alicyclic amines) is 1. The van der Waals surface area contributed by atoms with Gasteiger partial charge in [0, 0.05) is 55.4 Å². The first-order chi connectivity index (χ1) is 15.3. The highest BCUT2D eigenvalue weighted by Gasteiger charge is 2.41. The largest absolute Gasteiger partial charge is 0.331 e. The molecule has 0 aromatic heterocycles. The third-order valence-electron chi connectivity index (χ3n) is 6.18. The van der Waals surface area contributed by atoms with E-state index in [0.717, 1.165) is 49.2 Å². The minimum atomic E-state index is -0.228. The van der Waals surface area contributed by atoms with Crippen molar-refractivity contribution in [1.29, 1.82) is 0 Å². The van der Waals surface area contributed by atoms with Gasteiger partial charge < -0.3 is 10.2 Å². The number of anilines is 1. The standard InChI is InChI=1S/C25H27ClFN3O2/c1-16-11-19(24(12-23(16)26)28-17(2)31)5-10-25(32)30-21-8-9-22(30)15-29(14-21)13-18-3-6-20(27)7-4-18/h3-7,10-12,21-22H,8-9,13-15H2,1-2H3,(H,28,31)/b10-5+. The summed E-state index contributed by atoms with van der Waals surface area (Å²) >= 11 is 6.21. The second kappa shape index (κ2) is 9.43. The van der Waals surface area contributed by atoms with Crippen LogP contribution in [0.3, 0.4) is 0 Å². The number of amides is 2. The van der Waals surface area contributed by atoms with Crippen molar-refractivity contribution in [3.8, 4) is 0 Å². The number of carbonyl (C=O) groups is 2. The van der Waals surface area contributed by atoms with Gasteiger partial charge in [0.05, 0.1) is 0 Å². The van der Waals surface area contributed by atoms with Crippen molar-refractivity contribution in [2.24, 2.45) is 0 Å². The van der Waals surface area contributed by atoms with Crippen LogP contribution in [0, 0.1) is 12.7 Å². The molecule has 0 aliphatic carbocycles. The van der Waals surface area contributed by atoms with Gasteiger partial charge in [0.2, 0.25) is 11.8 Å². The van der Waals surface area contributed by atoms with E-state index in [1.807, 2.05) is 30.0 Å². The average molecular weight is 456 g/mol. The highest BCUT2D eigenvalue weighted by molar-refractivity contribution is 6.31. The third kappa shape index (κ3) is 5.03. The number of aryl methyl sites for hydroxylation is 1. The highest BCUT2D eigenvalue weighted by atomic mass is 35.5. The van der Waals surface area contributed by atoms with E-state index in [-0.39, 0.29) is 29.7 Å². The molecule has 1 N–H and O–H groups in total. The van der Waals surface area contributed by atoms with Crippen molar-refractivity contribution in [1.82, 2.24) is 9.80 Å². The van der Waals surface area contributed by atoms with Gasteiger partial charge in [-0.05, 0) is 66.8 Å². The molecular weight excluding hydrogens is 429 g/mol. The Bertz CT molecular complexity index is 1040. The van der Waals surface area contributed by atoms with Crippen LogP contribution >= 0.6 is 11.6 Å². The van der Waals surface area contributed by atoms with Gasteiger partial charge in [-0.1, -0.05) is 23.7 Å². The summed E-state index contributed by atoms with van der Waals surface area (Å²) in [6.07, 6.45) is 5.32. The zero-order valence-corrected chi connectivity index (χ0v) is 19.0. The van der Waals surface area contributed by atoms with Crippen molar-refractivity contribution < 1.29 is 14.0 Å². The van der Waals surface area contributed by atoms with Crippen LogP contribution in [-0.2, 0) is 16.1 Å². The van der Waals surface area contributed by atoms with Crippen LogP contribution in [0.1, 0.15) is 36.5 Å². The van der Waals surface area contributed by atoms with Crippen molar-refractivity contribution >= 4 is 35.2 Å². The Balaban J connectivity index is 1.45. The summed E-state index contributed by atoms with van der Waals surface area (Å²) in [5, 5.41) is 3.34. The molecule has 2 aromatic rings. The van der Waals surface area contributed by atoms with E-state index in [9.17, 15) is 14.0 Å². The van der Waals surface area contributed by atoms with E-state index < -0.39 is 0 Å². The summed E-state index contributed by atoms with van der Waals surface area (Å²) in [6.45, 7) is 5.71. The number of nitrogens with zero attached hydrogens (tertiary/aromatic N) is 2. The molecule has 2 bridgehead atoms. The molecule has 2 aliphatic rings. The average Bonchev–Trinajstić information content (AvgIpc) is 3.01. The molecule has 2 heterocycles. The lowest BCUT2D eigenvalue weighted by molar-refractivity contribution is -0.131. The molecule has 32 heavy (non-hydrogen) atoms. The Labute approximate surface area is 192 Å². The Kier molecular flexibility index (Phi) is 6.63. The van der Waals surface area contributed by atoms with E-state index in [0.29, 0.717) is 10.7 Å². The fourth-order valence-corrected chi connectivity index (χ4v) is 4.88. The zero-order chi connectivity index (χ0) is 22.8. The number of rotatable bonds is 5. The van der Waals surface area contributed by atoms with Crippen LogP contribution in [0.15, 0.2) is 42.5 Å². The van der Waals surface area contributed by atoms with Gasteiger partial charge in [-0.3, -0.25) is 14.5 Å². The molecule has 2 atom stereocenters. The minimum absolute atomic E-state index is 0.0136. The number of halogens is 2. The minimum Gasteiger partial charge on any atom is -0.331 e. The monoisotopic (exact) mass is 455 g/mol. The second-order valence-electron chi connectivity index (χ2n) is 8.65. The lowest BCUT2D eigenvalue weighted by Crippen LogP contribution is -2.55. The predicted octanol–water partition coefficient (Wildman–Crippen LogP) is 4.63. The molecule has 0 spiro atoms. The van der Waals surface area contributed by atoms with Gasteiger partial charge in [-0.25, -0.2) is 4.39 Å². The van der Waals surface area contributed by atoms with Crippen LogP contribution in [0.4, 0.5) is 10.1 Å². The fraction of sp³-hybridized carbons (Fsp3) is 0.360. The van der Waals surface area contributed by atoms with Gasteiger partial charge in [0.25, 0.3) is 0 Å². The van der Waals surface area contributed by atoms with Crippen molar-refractivity contribution in [2.75, 3.05) is 18.4 Å². The summed E-state index contributed by atoms with van der Waals surface area (Å²) < 4.78 is 13.2. The summed E-state index contributed by atoms with van der Waals surface area (Å²) in [7, 11) is 0. The Morgan fingerprint density at radius 1 is 1.16 bits per heavy atom. The molecule has 4 rings (SSSR count). The van der Waals surface area contributed by atoms with Crippen LogP contribution < -0.4 is 5.32 Å². The number of benzene rings is 2. The SMILES string of the molecule is CC(=O)Nc1cc(Cl)c(C)cc1/C=C/C(=O)N1C2CCC1CN(Cc1ccc(F)cc1)C2. The summed E-state index contributed by atoms with van der Waals surface area (Å²) in [6, 6.07) is 10.5. The molecule has 0 saturated carbocycles. The molecule has 2 aromatic carbocycles. The molecule has 0 radical (unpaired) electrons. The number of hydrogen-bond acceptors (Lipinski definition) is 3. The van der Waals surface area contributed by atoms with Crippen LogP contribution in [0.5, 0.6) is 0 Å². The van der Waals surface area contributed by atoms with Gasteiger partial charge in [-0.2, -0.15) is 0 Å². The summed E-state index contributed by atoms with van der Waals surface area (Å²) in [5.74, 6) is -0.435. The van der Waals surface area contributed by atoms with Gasteiger partial charge in [-0.15, -0.1) is 0 Å². The van der Waals surface area contributed by atoms with Crippen molar-refractivity contribution in [2.45, 2.75) is 45.3 Å². The molecule has 2 amide bonds. The number of hydrogen-bond donors (Lipinski definition) is 1. The van der Waals surface area contributed by atoms with Crippen molar-refractivity contribution in [3.63, 3.8) is 0 Å².